The van der Waals surface area contributed by atoms with E-state index in [1.54, 1.807) is 13.8 Å². The molecule has 5 heteroatoms. The zero-order valence-electron chi connectivity index (χ0n) is 10.2. The third kappa shape index (κ3) is 7.07. The minimum Gasteiger partial charge on any atom is -0.327 e. The lowest BCUT2D eigenvalue weighted by atomic mass is 10.1. The van der Waals surface area contributed by atoms with Crippen LogP contribution in [0.2, 0.25) is 0 Å². The summed E-state index contributed by atoms with van der Waals surface area (Å²) >= 11 is 0. The lowest BCUT2D eigenvalue weighted by Crippen LogP contribution is -2.27. The Balaban J connectivity index is 4.21. The molecule has 15 heavy (non-hydrogen) atoms. The van der Waals surface area contributed by atoms with Gasteiger partial charge < -0.3 is 14.8 Å². The Morgan fingerprint density at radius 2 is 1.67 bits per heavy atom. The predicted octanol–water partition coefficient (Wildman–Crippen LogP) is 2.63. The maximum absolute atomic E-state index is 12.1. The highest BCUT2D eigenvalue weighted by Gasteiger charge is 2.26. The van der Waals surface area contributed by atoms with E-state index in [4.69, 9.17) is 14.8 Å². The molecule has 0 aliphatic heterocycles. The number of nitrogens with two attached hydrogens (primary N) is 1. The summed E-state index contributed by atoms with van der Waals surface area (Å²) in [4.78, 5) is 0. The Morgan fingerprint density at radius 1 is 1.20 bits per heavy atom. The summed E-state index contributed by atoms with van der Waals surface area (Å²) in [5.74, 6) is 0.497. The van der Waals surface area contributed by atoms with Crippen molar-refractivity contribution < 1.29 is 13.6 Å². The van der Waals surface area contributed by atoms with Gasteiger partial charge in [-0.1, -0.05) is 13.8 Å². The summed E-state index contributed by atoms with van der Waals surface area (Å²) < 4.78 is 22.4. The van der Waals surface area contributed by atoms with E-state index in [0.29, 0.717) is 25.3 Å². The highest BCUT2D eigenvalue weighted by atomic mass is 31.2. The van der Waals surface area contributed by atoms with Crippen LogP contribution in [0.25, 0.3) is 0 Å². The Morgan fingerprint density at radius 3 is 2.00 bits per heavy atom. The van der Waals surface area contributed by atoms with Gasteiger partial charge in [-0.15, -0.1) is 0 Å². The molecule has 0 radical (unpaired) electrons. The second-order valence-corrected chi connectivity index (χ2v) is 6.12. The minimum atomic E-state index is -2.96. The van der Waals surface area contributed by atoms with Gasteiger partial charge in [-0.05, 0) is 26.2 Å². The van der Waals surface area contributed by atoms with Crippen LogP contribution in [0.4, 0.5) is 0 Å². The van der Waals surface area contributed by atoms with Gasteiger partial charge in [0, 0.05) is 6.04 Å². The molecule has 0 amide bonds. The van der Waals surface area contributed by atoms with Gasteiger partial charge in [-0.3, -0.25) is 4.57 Å². The van der Waals surface area contributed by atoms with E-state index in [2.05, 4.69) is 13.8 Å². The summed E-state index contributed by atoms with van der Waals surface area (Å²) in [5.41, 5.74) is 5.89. The number of hydrogen-bond acceptors (Lipinski definition) is 4. The Bertz CT molecular complexity index is 199. The molecule has 4 nitrogen and oxygen atoms in total. The molecule has 1 unspecified atom stereocenters. The molecule has 92 valence electrons. The molecule has 0 aromatic heterocycles. The first-order valence-electron chi connectivity index (χ1n) is 5.57. The van der Waals surface area contributed by atoms with Gasteiger partial charge >= 0.3 is 7.60 Å². The van der Waals surface area contributed by atoms with Crippen LogP contribution in [0, 0.1) is 5.92 Å². The Kier molecular flexibility index (Phi) is 7.45. The molecule has 0 aliphatic carbocycles. The van der Waals surface area contributed by atoms with Crippen LogP contribution >= 0.6 is 7.60 Å². The molecule has 0 rings (SSSR count). The van der Waals surface area contributed by atoms with E-state index in [-0.39, 0.29) is 6.04 Å². The van der Waals surface area contributed by atoms with Gasteiger partial charge in [0.2, 0.25) is 0 Å². The van der Waals surface area contributed by atoms with Crippen molar-refractivity contribution in [3.8, 4) is 0 Å². The van der Waals surface area contributed by atoms with Crippen molar-refractivity contribution in [3.63, 3.8) is 0 Å². The zero-order valence-corrected chi connectivity index (χ0v) is 11.1. The summed E-state index contributed by atoms with van der Waals surface area (Å²) in [6.45, 7) is 8.58. The highest BCUT2D eigenvalue weighted by Crippen LogP contribution is 2.48. The molecule has 1 atom stereocenters. The molecule has 0 bridgehead atoms. The highest BCUT2D eigenvalue weighted by molar-refractivity contribution is 7.53. The molecular weight excluding hydrogens is 213 g/mol. The van der Waals surface area contributed by atoms with Crippen LogP contribution in [0.3, 0.4) is 0 Å². The minimum absolute atomic E-state index is 0.117. The average Bonchev–Trinajstić information content (AvgIpc) is 2.01. The van der Waals surface area contributed by atoms with Crippen molar-refractivity contribution in [2.75, 3.05) is 19.4 Å². The fourth-order valence-corrected chi connectivity index (χ4v) is 3.30. The summed E-state index contributed by atoms with van der Waals surface area (Å²) in [6.07, 6.45) is 1.15. The third-order valence-electron chi connectivity index (χ3n) is 1.88. The van der Waals surface area contributed by atoms with Crippen LogP contribution < -0.4 is 5.73 Å². The normalized spacial score (nSPS) is 14.5. The Hall–Kier alpha value is 0.110. The van der Waals surface area contributed by atoms with E-state index < -0.39 is 7.60 Å². The van der Waals surface area contributed by atoms with Crippen molar-refractivity contribution in [1.82, 2.24) is 0 Å². The van der Waals surface area contributed by atoms with Crippen molar-refractivity contribution in [1.29, 1.82) is 0 Å². The lowest BCUT2D eigenvalue weighted by Gasteiger charge is -2.21. The molecule has 0 aromatic rings. The topological polar surface area (TPSA) is 61.5 Å². The maximum Gasteiger partial charge on any atom is 0.332 e. The molecule has 0 heterocycles. The van der Waals surface area contributed by atoms with Gasteiger partial charge in [0.25, 0.3) is 0 Å². The van der Waals surface area contributed by atoms with Crippen LogP contribution in [0.5, 0.6) is 0 Å². The molecular formula is C10H24NO3P. The van der Waals surface area contributed by atoms with Crippen molar-refractivity contribution in [2.24, 2.45) is 11.7 Å². The van der Waals surface area contributed by atoms with E-state index in [1.807, 2.05) is 0 Å². The summed E-state index contributed by atoms with van der Waals surface area (Å²) in [6, 6.07) is -0.117. The van der Waals surface area contributed by atoms with Gasteiger partial charge in [-0.25, -0.2) is 0 Å². The third-order valence-corrected chi connectivity index (χ3v) is 4.10. The second kappa shape index (κ2) is 7.39. The summed E-state index contributed by atoms with van der Waals surface area (Å²) in [5, 5.41) is 0. The van der Waals surface area contributed by atoms with Crippen LogP contribution in [-0.4, -0.2) is 25.4 Å². The first kappa shape index (κ1) is 15.1. The maximum atomic E-state index is 12.1. The van der Waals surface area contributed by atoms with Crippen molar-refractivity contribution in [3.05, 3.63) is 0 Å². The number of hydrogen-bond donors (Lipinski definition) is 1. The molecule has 0 aliphatic rings. The van der Waals surface area contributed by atoms with Gasteiger partial charge in [0.05, 0.1) is 19.4 Å². The quantitative estimate of drug-likeness (QED) is 0.659. The van der Waals surface area contributed by atoms with E-state index >= 15 is 0 Å². The van der Waals surface area contributed by atoms with Gasteiger partial charge in [0.1, 0.15) is 0 Å². The lowest BCUT2D eigenvalue weighted by molar-refractivity contribution is 0.217. The largest absolute Gasteiger partial charge is 0.332 e. The smallest absolute Gasteiger partial charge is 0.327 e. The van der Waals surface area contributed by atoms with Crippen LogP contribution in [0.1, 0.15) is 34.1 Å². The average molecular weight is 237 g/mol. The van der Waals surface area contributed by atoms with Crippen LogP contribution in [-0.2, 0) is 13.6 Å². The number of rotatable bonds is 8. The van der Waals surface area contributed by atoms with Gasteiger partial charge in [0.15, 0.2) is 0 Å². The monoisotopic (exact) mass is 237 g/mol. The molecule has 0 saturated heterocycles. The standard InChI is InChI=1S/C10H24NO3P/c1-5-13-15(12,14-6-2)8-10(11)7-9(3)4/h9-10H,5-8,11H2,1-4H3. The second-order valence-electron chi connectivity index (χ2n) is 4.02. The zero-order chi connectivity index (χ0) is 11.9. The fourth-order valence-electron chi connectivity index (χ4n) is 1.50. The molecule has 0 fully saturated rings. The fraction of sp³-hybridized carbons (Fsp3) is 1.00. The van der Waals surface area contributed by atoms with Crippen LogP contribution in [0.15, 0.2) is 0 Å². The van der Waals surface area contributed by atoms with E-state index in [1.165, 1.54) is 0 Å². The van der Waals surface area contributed by atoms with Crippen molar-refractivity contribution in [2.45, 2.75) is 40.2 Å². The van der Waals surface area contributed by atoms with E-state index in [9.17, 15) is 4.57 Å². The first-order valence-corrected chi connectivity index (χ1v) is 7.30. The van der Waals surface area contributed by atoms with E-state index in [0.717, 1.165) is 6.42 Å². The summed E-state index contributed by atoms with van der Waals surface area (Å²) in [7, 11) is -2.96. The SMILES string of the molecule is CCOP(=O)(CC(N)CC(C)C)OCC. The molecule has 2 N–H and O–H groups in total. The molecule has 0 aromatic carbocycles. The Labute approximate surface area is 93.1 Å². The predicted molar refractivity (Wildman–Crippen MR) is 63.2 cm³/mol. The van der Waals surface area contributed by atoms with Crippen molar-refractivity contribution >= 4 is 7.60 Å². The van der Waals surface area contributed by atoms with Gasteiger partial charge in [-0.2, -0.15) is 0 Å². The first-order chi connectivity index (χ1) is 6.93. The molecule has 0 spiro atoms. The molecule has 0 saturated carbocycles.